The molecular formula is C16H34Sn+2. The molecular weight excluding hydrogens is 311 g/mol. The van der Waals surface area contributed by atoms with Gasteiger partial charge in [0.05, 0.1) is 0 Å². The standard InChI is InChI=1S/2C8H17.Sn/c2*1-4-5-6-7-8(2)3;/h2*8H,1,4-7H2,2-3H3;/q;;+2. The zero-order valence-corrected chi connectivity index (χ0v) is 15.6. The van der Waals surface area contributed by atoms with Gasteiger partial charge >= 0.3 is 121 Å². The van der Waals surface area contributed by atoms with Crippen LogP contribution in [0.3, 0.4) is 0 Å². The normalized spacial score (nSPS) is 11.2. The van der Waals surface area contributed by atoms with Crippen LogP contribution < -0.4 is 0 Å². The fraction of sp³-hybridized carbons (Fsp3) is 1.00. The second-order valence-electron chi connectivity index (χ2n) is 6.24. The molecule has 0 aromatic rings. The zero-order chi connectivity index (χ0) is 12.9. The van der Waals surface area contributed by atoms with Crippen LogP contribution in [0.25, 0.3) is 0 Å². The first-order valence-electron chi connectivity index (χ1n) is 7.83. The van der Waals surface area contributed by atoms with Crippen molar-refractivity contribution in [3.63, 3.8) is 0 Å². The maximum atomic E-state index is 2.34. The van der Waals surface area contributed by atoms with Crippen molar-refractivity contribution in [2.45, 2.75) is 87.9 Å². The number of hydrogen-bond acceptors (Lipinski definition) is 0. The first-order chi connectivity index (χ1) is 8.13. The molecule has 100 valence electrons. The summed E-state index contributed by atoms with van der Waals surface area (Å²) in [6.45, 7) is 9.36. The van der Waals surface area contributed by atoms with Crippen LogP contribution >= 0.6 is 0 Å². The Hall–Kier alpha value is 0.799. The summed E-state index contributed by atoms with van der Waals surface area (Å²) < 4.78 is 3.29. The predicted octanol–water partition coefficient (Wildman–Crippen LogP) is 5.96. The van der Waals surface area contributed by atoms with E-state index in [9.17, 15) is 0 Å². The zero-order valence-electron chi connectivity index (χ0n) is 12.7. The Morgan fingerprint density at radius 1 is 0.588 bits per heavy atom. The molecule has 0 aliphatic carbocycles. The van der Waals surface area contributed by atoms with Crippen LogP contribution in [0.5, 0.6) is 0 Å². The SMILES string of the molecule is CC(C)CCCC[CH2][Sn+2][CH2]CCCCC(C)C. The molecule has 0 rings (SSSR count). The number of unbranched alkanes of at least 4 members (excludes halogenated alkanes) is 4. The van der Waals surface area contributed by atoms with Crippen LogP contribution in [-0.2, 0) is 0 Å². The van der Waals surface area contributed by atoms with Crippen LogP contribution in [0.15, 0.2) is 0 Å². The fourth-order valence-corrected chi connectivity index (χ4v) is 5.65. The van der Waals surface area contributed by atoms with Gasteiger partial charge in [-0.3, -0.25) is 0 Å². The Morgan fingerprint density at radius 3 is 1.35 bits per heavy atom. The number of hydrogen-bond donors (Lipinski definition) is 0. The van der Waals surface area contributed by atoms with Crippen LogP contribution in [0.4, 0.5) is 0 Å². The summed E-state index contributed by atoms with van der Waals surface area (Å²) in [5.74, 6) is 1.83. The monoisotopic (exact) mass is 346 g/mol. The molecule has 0 saturated carbocycles. The molecule has 0 spiro atoms. The van der Waals surface area contributed by atoms with Crippen molar-refractivity contribution in [3.05, 3.63) is 0 Å². The van der Waals surface area contributed by atoms with Gasteiger partial charge in [0.2, 0.25) is 0 Å². The average Bonchev–Trinajstić information content (AvgIpc) is 2.25. The summed E-state index contributed by atoms with van der Waals surface area (Å²) in [7, 11) is 0. The third-order valence-corrected chi connectivity index (χ3v) is 7.31. The van der Waals surface area contributed by atoms with Crippen molar-refractivity contribution in [2.75, 3.05) is 0 Å². The Morgan fingerprint density at radius 2 is 1.00 bits per heavy atom. The average molecular weight is 345 g/mol. The van der Waals surface area contributed by atoms with E-state index in [4.69, 9.17) is 0 Å². The molecule has 0 unspecified atom stereocenters. The third kappa shape index (κ3) is 16.8. The number of rotatable bonds is 12. The first-order valence-corrected chi connectivity index (χ1v) is 11.9. The molecule has 0 atom stereocenters. The molecule has 0 nitrogen and oxygen atoms in total. The molecule has 0 aromatic heterocycles. The van der Waals surface area contributed by atoms with Gasteiger partial charge in [0.15, 0.2) is 0 Å². The van der Waals surface area contributed by atoms with Crippen LogP contribution in [-0.4, -0.2) is 21.1 Å². The molecule has 1 heteroatoms. The predicted molar refractivity (Wildman–Crippen MR) is 82.0 cm³/mol. The third-order valence-electron chi connectivity index (χ3n) is 3.27. The minimum atomic E-state index is 0.0570. The molecule has 0 fully saturated rings. The van der Waals surface area contributed by atoms with Gasteiger partial charge in [-0.15, -0.1) is 0 Å². The minimum absolute atomic E-state index is 0.0570. The molecule has 0 aromatic carbocycles. The molecule has 0 amide bonds. The summed E-state index contributed by atoms with van der Waals surface area (Å²) in [5.41, 5.74) is 0. The van der Waals surface area contributed by atoms with Crippen LogP contribution in [0, 0.1) is 11.8 Å². The van der Waals surface area contributed by atoms with Crippen LogP contribution in [0.1, 0.15) is 79.1 Å². The Labute approximate surface area is 121 Å². The van der Waals surface area contributed by atoms with E-state index in [-0.39, 0.29) is 21.1 Å². The van der Waals surface area contributed by atoms with Gasteiger partial charge in [0.25, 0.3) is 0 Å². The van der Waals surface area contributed by atoms with Crippen molar-refractivity contribution < 1.29 is 0 Å². The van der Waals surface area contributed by atoms with Gasteiger partial charge < -0.3 is 0 Å². The van der Waals surface area contributed by atoms with Gasteiger partial charge in [0, 0.05) is 0 Å². The van der Waals surface area contributed by atoms with Crippen molar-refractivity contribution in [1.82, 2.24) is 0 Å². The first kappa shape index (κ1) is 17.8. The second kappa shape index (κ2) is 13.2. The van der Waals surface area contributed by atoms with E-state index in [0.717, 1.165) is 11.8 Å². The Kier molecular flexibility index (Phi) is 13.9. The van der Waals surface area contributed by atoms with Crippen molar-refractivity contribution in [2.24, 2.45) is 11.8 Å². The van der Waals surface area contributed by atoms with Gasteiger partial charge in [-0.1, -0.05) is 0 Å². The quantitative estimate of drug-likeness (QED) is 0.302. The summed E-state index contributed by atoms with van der Waals surface area (Å²) >= 11 is 0.0570. The van der Waals surface area contributed by atoms with Crippen molar-refractivity contribution >= 4 is 21.1 Å². The van der Waals surface area contributed by atoms with Crippen LogP contribution in [0.2, 0.25) is 8.87 Å². The molecule has 0 aliphatic heterocycles. The van der Waals surface area contributed by atoms with Gasteiger partial charge in [-0.05, 0) is 0 Å². The maximum absolute atomic E-state index is 2.34. The molecule has 0 aliphatic rings. The molecule has 0 bridgehead atoms. The molecule has 0 saturated heterocycles. The van der Waals surface area contributed by atoms with Gasteiger partial charge in [-0.2, -0.15) is 0 Å². The van der Waals surface area contributed by atoms with Gasteiger partial charge in [-0.25, -0.2) is 0 Å². The molecule has 17 heavy (non-hydrogen) atoms. The van der Waals surface area contributed by atoms with E-state index in [1.165, 1.54) is 38.5 Å². The van der Waals surface area contributed by atoms with E-state index < -0.39 is 0 Å². The van der Waals surface area contributed by atoms with Crippen molar-refractivity contribution in [1.29, 1.82) is 0 Å². The summed E-state index contributed by atoms with van der Waals surface area (Å²) in [6, 6.07) is 0. The molecule has 0 radical (unpaired) electrons. The topological polar surface area (TPSA) is 0 Å². The summed E-state index contributed by atoms with van der Waals surface area (Å²) in [6.07, 6.45) is 12.0. The Bertz CT molecular complexity index is 124. The van der Waals surface area contributed by atoms with E-state index in [0.29, 0.717) is 0 Å². The molecule has 0 N–H and O–H groups in total. The second-order valence-corrected chi connectivity index (χ2v) is 10.5. The Balaban J connectivity index is 2.94. The van der Waals surface area contributed by atoms with E-state index in [1.807, 2.05) is 0 Å². The summed E-state index contributed by atoms with van der Waals surface area (Å²) in [4.78, 5) is 0. The van der Waals surface area contributed by atoms with Crippen molar-refractivity contribution in [3.8, 4) is 0 Å². The van der Waals surface area contributed by atoms with Gasteiger partial charge in [0.1, 0.15) is 0 Å². The van der Waals surface area contributed by atoms with E-state index in [1.54, 1.807) is 21.7 Å². The van der Waals surface area contributed by atoms with E-state index >= 15 is 0 Å². The molecule has 0 heterocycles. The fourth-order valence-electron chi connectivity index (χ4n) is 2.08. The van der Waals surface area contributed by atoms with E-state index in [2.05, 4.69) is 27.7 Å². The summed E-state index contributed by atoms with van der Waals surface area (Å²) in [5, 5.41) is 0.